The van der Waals surface area contributed by atoms with Crippen LogP contribution in [0.4, 0.5) is 24.9 Å². The number of hydrogen-bond donors (Lipinski definition) is 2. The van der Waals surface area contributed by atoms with E-state index in [1.807, 2.05) is 6.07 Å². The zero-order valence-corrected chi connectivity index (χ0v) is 15.3. The van der Waals surface area contributed by atoms with E-state index in [0.29, 0.717) is 5.03 Å². The number of nitrogens with one attached hydrogen (secondary N) is 1. The highest BCUT2D eigenvalue weighted by Gasteiger charge is 2.30. The predicted molar refractivity (Wildman–Crippen MR) is 96.2 cm³/mol. The van der Waals surface area contributed by atoms with Crippen molar-refractivity contribution in [2.45, 2.75) is 30.6 Å². The minimum atomic E-state index is -4.47. The van der Waals surface area contributed by atoms with Gasteiger partial charge < -0.3 is 11.1 Å². The topological polar surface area (TPSA) is 105 Å². The van der Waals surface area contributed by atoms with Crippen molar-refractivity contribution in [2.75, 3.05) is 17.3 Å². The number of nitrogens with zero attached hydrogens (tertiary/aromatic N) is 3. The summed E-state index contributed by atoms with van der Waals surface area (Å²) in [6.45, 7) is 1.54. The Kier molecular flexibility index (Phi) is 6.28. The second-order valence-corrected chi connectivity index (χ2v) is 6.43. The Hall–Kier alpha value is -2.80. The molecule has 0 aliphatic heterocycles. The molecule has 10 heteroatoms. The minimum Gasteiger partial charge on any atom is -0.368 e. The van der Waals surface area contributed by atoms with Gasteiger partial charge in [-0.25, -0.2) is 4.98 Å². The summed E-state index contributed by atoms with van der Waals surface area (Å²) in [6.07, 6.45) is -2.96. The number of rotatable bonds is 6. The summed E-state index contributed by atoms with van der Waals surface area (Å²) in [7, 11) is 0. The van der Waals surface area contributed by atoms with Crippen LogP contribution in [-0.2, 0) is 17.4 Å². The quantitative estimate of drug-likeness (QED) is 0.571. The average Bonchev–Trinajstić information content (AvgIpc) is 2.60. The molecule has 0 amide bonds. The molecule has 0 spiro atoms. The molecule has 1 heterocycles. The van der Waals surface area contributed by atoms with E-state index in [-0.39, 0.29) is 35.1 Å². The Morgan fingerprint density at radius 2 is 2.11 bits per heavy atom. The number of anilines is 2. The number of hydrogen-bond acceptors (Lipinski definition) is 7. The molecule has 1 aromatic carbocycles. The van der Waals surface area contributed by atoms with Gasteiger partial charge in [0.1, 0.15) is 16.7 Å². The van der Waals surface area contributed by atoms with Gasteiger partial charge in [-0.1, -0.05) is 18.2 Å². The lowest BCUT2D eigenvalue weighted by atomic mass is 10.0. The minimum absolute atomic E-state index is 0.0571. The standard InChI is InChI=1S/C17H16F3N5OS/c1-9(23-14-12(8-21)15(27-2)25-16(22)24-14)13(26)7-10-4-3-5-11(6-10)17(18,19)20/h3-6,9H,7H2,1-2H3,(H3,22,23,24,25)/t9-/m1/s1. The van der Waals surface area contributed by atoms with Gasteiger partial charge in [0.25, 0.3) is 0 Å². The second kappa shape index (κ2) is 8.26. The maximum absolute atomic E-state index is 12.8. The van der Waals surface area contributed by atoms with Gasteiger partial charge in [-0.2, -0.15) is 23.4 Å². The number of carbonyl (C=O) groups is 1. The molecule has 2 aromatic rings. The summed E-state index contributed by atoms with van der Waals surface area (Å²) in [5.41, 5.74) is 5.20. The molecule has 0 fully saturated rings. The maximum Gasteiger partial charge on any atom is 0.416 e. The summed E-state index contributed by atoms with van der Waals surface area (Å²) >= 11 is 1.21. The highest BCUT2D eigenvalue weighted by molar-refractivity contribution is 7.98. The monoisotopic (exact) mass is 395 g/mol. The number of ketones is 1. The summed E-state index contributed by atoms with van der Waals surface area (Å²) in [6, 6.07) is 5.77. The van der Waals surface area contributed by atoms with Crippen molar-refractivity contribution in [3.63, 3.8) is 0 Å². The van der Waals surface area contributed by atoms with E-state index in [1.54, 1.807) is 6.26 Å². The summed E-state index contributed by atoms with van der Waals surface area (Å²) in [4.78, 5) is 20.3. The van der Waals surface area contributed by atoms with Crippen LogP contribution in [0.1, 0.15) is 23.6 Å². The SMILES string of the molecule is CSc1nc(N)nc(N[C@H](C)C(=O)Cc2cccc(C(F)(F)F)c2)c1C#N. The lowest BCUT2D eigenvalue weighted by molar-refractivity contribution is -0.137. The van der Waals surface area contributed by atoms with E-state index in [9.17, 15) is 23.2 Å². The van der Waals surface area contributed by atoms with Crippen LogP contribution < -0.4 is 11.1 Å². The van der Waals surface area contributed by atoms with Crippen molar-refractivity contribution >= 4 is 29.3 Å². The molecule has 0 aliphatic carbocycles. The number of alkyl halides is 3. The number of nitrogen functional groups attached to an aromatic ring is 1. The molecule has 0 saturated carbocycles. The number of thioether (sulfide) groups is 1. The number of carbonyl (C=O) groups excluding carboxylic acids is 1. The molecule has 6 nitrogen and oxygen atoms in total. The Morgan fingerprint density at radius 1 is 1.41 bits per heavy atom. The van der Waals surface area contributed by atoms with Crippen LogP contribution in [-0.4, -0.2) is 28.0 Å². The molecule has 142 valence electrons. The second-order valence-electron chi connectivity index (χ2n) is 5.63. The summed E-state index contributed by atoms with van der Waals surface area (Å²) in [5.74, 6) is -0.307. The Balaban J connectivity index is 2.18. The van der Waals surface area contributed by atoms with Gasteiger partial charge in [0.05, 0.1) is 11.6 Å². The van der Waals surface area contributed by atoms with Gasteiger partial charge in [0.2, 0.25) is 5.95 Å². The molecule has 0 radical (unpaired) electrons. The number of aromatic nitrogens is 2. The molecular formula is C17H16F3N5OS. The third-order valence-electron chi connectivity index (χ3n) is 3.67. The van der Waals surface area contributed by atoms with Crippen LogP contribution in [0.5, 0.6) is 0 Å². The fourth-order valence-corrected chi connectivity index (χ4v) is 2.84. The summed E-state index contributed by atoms with van der Waals surface area (Å²) < 4.78 is 38.4. The third kappa shape index (κ3) is 5.10. The van der Waals surface area contributed by atoms with Gasteiger partial charge in [-0.3, -0.25) is 4.79 Å². The molecule has 1 aromatic heterocycles. The van der Waals surface area contributed by atoms with E-state index in [1.165, 1.54) is 30.8 Å². The molecule has 0 saturated heterocycles. The number of halogens is 3. The Bertz CT molecular complexity index is 895. The fourth-order valence-electron chi connectivity index (χ4n) is 2.31. The maximum atomic E-state index is 12.8. The molecule has 1 atom stereocenters. The third-order valence-corrected chi connectivity index (χ3v) is 4.35. The van der Waals surface area contributed by atoms with Crippen molar-refractivity contribution in [2.24, 2.45) is 0 Å². The van der Waals surface area contributed by atoms with Gasteiger partial charge in [-0.15, -0.1) is 11.8 Å². The Morgan fingerprint density at radius 3 is 2.70 bits per heavy atom. The number of benzene rings is 1. The highest BCUT2D eigenvalue weighted by atomic mass is 32.2. The van der Waals surface area contributed by atoms with Crippen LogP contribution in [0, 0.1) is 11.3 Å². The molecular weight excluding hydrogens is 379 g/mol. The zero-order chi connectivity index (χ0) is 20.2. The first-order valence-electron chi connectivity index (χ1n) is 7.72. The fraction of sp³-hybridized carbons (Fsp3) is 0.294. The first kappa shape index (κ1) is 20.5. The van der Waals surface area contributed by atoms with Crippen molar-refractivity contribution in [1.29, 1.82) is 5.26 Å². The molecule has 2 rings (SSSR count). The van der Waals surface area contributed by atoms with E-state index < -0.39 is 17.8 Å². The number of Topliss-reactive ketones (excluding diaryl/α,β-unsaturated/α-hetero) is 1. The van der Waals surface area contributed by atoms with Crippen molar-refractivity contribution in [3.8, 4) is 6.07 Å². The van der Waals surface area contributed by atoms with Crippen molar-refractivity contribution in [3.05, 3.63) is 41.0 Å². The van der Waals surface area contributed by atoms with E-state index in [2.05, 4.69) is 15.3 Å². The largest absolute Gasteiger partial charge is 0.416 e. The van der Waals surface area contributed by atoms with Crippen LogP contribution in [0.25, 0.3) is 0 Å². The van der Waals surface area contributed by atoms with Crippen molar-refractivity contribution in [1.82, 2.24) is 9.97 Å². The van der Waals surface area contributed by atoms with E-state index >= 15 is 0 Å². The van der Waals surface area contributed by atoms with Crippen LogP contribution in [0.15, 0.2) is 29.3 Å². The molecule has 0 unspecified atom stereocenters. The molecule has 0 aliphatic rings. The Labute approximate surface area is 158 Å². The first-order valence-corrected chi connectivity index (χ1v) is 8.95. The zero-order valence-electron chi connectivity index (χ0n) is 14.5. The van der Waals surface area contributed by atoms with Gasteiger partial charge in [0, 0.05) is 6.42 Å². The highest BCUT2D eigenvalue weighted by Crippen LogP contribution is 2.30. The number of nitriles is 1. The summed E-state index contributed by atoms with van der Waals surface area (Å²) in [5, 5.41) is 12.5. The van der Waals surface area contributed by atoms with Crippen LogP contribution >= 0.6 is 11.8 Å². The van der Waals surface area contributed by atoms with E-state index in [4.69, 9.17) is 5.73 Å². The normalized spacial score (nSPS) is 12.3. The van der Waals surface area contributed by atoms with Crippen LogP contribution in [0.3, 0.4) is 0 Å². The smallest absolute Gasteiger partial charge is 0.368 e. The molecule has 3 N–H and O–H groups in total. The predicted octanol–water partition coefficient (Wildman–Crippen LogP) is 3.28. The van der Waals surface area contributed by atoms with Gasteiger partial charge >= 0.3 is 6.18 Å². The van der Waals surface area contributed by atoms with E-state index in [0.717, 1.165) is 12.1 Å². The number of nitrogens with two attached hydrogens (primary N) is 1. The van der Waals surface area contributed by atoms with Crippen molar-refractivity contribution < 1.29 is 18.0 Å². The van der Waals surface area contributed by atoms with Crippen LogP contribution in [0.2, 0.25) is 0 Å². The lowest BCUT2D eigenvalue weighted by Gasteiger charge is -2.16. The van der Waals surface area contributed by atoms with Gasteiger partial charge in [0.15, 0.2) is 11.6 Å². The van der Waals surface area contributed by atoms with Gasteiger partial charge in [-0.05, 0) is 24.8 Å². The lowest BCUT2D eigenvalue weighted by Crippen LogP contribution is -2.29. The average molecular weight is 395 g/mol. The molecule has 0 bridgehead atoms. The molecule has 27 heavy (non-hydrogen) atoms. The first-order chi connectivity index (χ1) is 12.7.